The molecule has 3 aromatic rings. The van der Waals surface area contributed by atoms with E-state index in [4.69, 9.17) is 4.42 Å². The van der Waals surface area contributed by atoms with Gasteiger partial charge in [-0.05, 0) is 18.1 Å². The summed E-state index contributed by atoms with van der Waals surface area (Å²) < 4.78 is 33.3. The van der Waals surface area contributed by atoms with Gasteiger partial charge in [0.25, 0.3) is 0 Å². The number of nitrogens with zero attached hydrogens (tertiary/aromatic N) is 2. The highest BCUT2D eigenvalue weighted by Gasteiger charge is 2.17. The van der Waals surface area contributed by atoms with Crippen LogP contribution in [0.25, 0.3) is 0 Å². The smallest absolute Gasteiger partial charge is 0.325 e. The summed E-state index contributed by atoms with van der Waals surface area (Å²) in [5.41, 5.74) is -0.113. The molecule has 0 spiro atoms. The van der Waals surface area contributed by atoms with Crippen LogP contribution in [-0.4, -0.2) is 16.0 Å². The van der Waals surface area contributed by atoms with Gasteiger partial charge in [-0.2, -0.15) is 0 Å². The number of thiazole rings is 1. The molecule has 164 valence electrons. The van der Waals surface area contributed by atoms with Crippen molar-refractivity contribution < 1.29 is 18.0 Å². The molecule has 1 saturated carbocycles. The van der Waals surface area contributed by atoms with Gasteiger partial charge in [0, 0.05) is 12.5 Å². The van der Waals surface area contributed by atoms with Crippen molar-refractivity contribution >= 4 is 39.9 Å². The van der Waals surface area contributed by atoms with E-state index in [2.05, 4.69) is 20.6 Å². The fraction of sp³-hybridized carbons (Fsp3) is 0.381. The van der Waals surface area contributed by atoms with Crippen LogP contribution >= 0.6 is 23.1 Å². The monoisotopic (exact) mass is 464 g/mol. The summed E-state index contributed by atoms with van der Waals surface area (Å²) in [6.45, 7) is 0. The Hall–Kier alpha value is -2.46. The van der Waals surface area contributed by atoms with E-state index in [9.17, 15) is 13.6 Å². The molecule has 1 aliphatic carbocycles. The lowest BCUT2D eigenvalue weighted by Crippen LogP contribution is -2.20. The van der Waals surface area contributed by atoms with Crippen LogP contribution in [0.2, 0.25) is 0 Å². The zero-order valence-corrected chi connectivity index (χ0v) is 18.3. The van der Waals surface area contributed by atoms with Gasteiger partial charge in [0.15, 0.2) is 5.13 Å². The van der Waals surface area contributed by atoms with E-state index in [0.29, 0.717) is 28.8 Å². The Kier molecular flexibility index (Phi) is 7.18. The van der Waals surface area contributed by atoms with Crippen molar-refractivity contribution in [1.82, 2.24) is 9.97 Å². The second-order valence-corrected chi connectivity index (χ2v) is 9.71. The van der Waals surface area contributed by atoms with Gasteiger partial charge in [0.2, 0.25) is 5.89 Å². The van der Waals surface area contributed by atoms with Gasteiger partial charge >= 0.3 is 6.03 Å². The molecule has 0 radical (unpaired) electrons. The Morgan fingerprint density at radius 1 is 1.16 bits per heavy atom. The Morgan fingerprint density at radius 3 is 2.81 bits per heavy atom. The molecule has 2 N–H and O–H groups in total. The van der Waals surface area contributed by atoms with Crippen LogP contribution in [0, 0.1) is 17.6 Å². The topological polar surface area (TPSA) is 80.1 Å². The first-order valence-corrected chi connectivity index (χ1v) is 11.9. The summed E-state index contributed by atoms with van der Waals surface area (Å²) in [5, 5.41) is 5.25. The van der Waals surface area contributed by atoms with Crippen molar-refractivity contribution in [2.24, 2.45) is 5.92 Å². The number of aromatic nitrogens is 2. The minimum Gasteiger partial charge on any atom is -0.445 e. The fourth-order valence-electron chi connectivity index (χ4n) is 3.54. The summed E-state index contributed by atoms with van der Waals surface area (Å²) in [6.07, 6.45) is 10.9. The van der Waals surface area contributed by atoms with Gasteiger partial charge in [-0.15, -0.1) is 11.8 Å². The molecule has 31 heavy (non-hydrogen) atoms. The highest BCUT2D eigenvalue weighted by Crippen LogP contribution is 2.31. The standard InChI is InChI=1S/C21H22F2N4O2S2/c22-14-6-7-17(16(23)9-14)26-20(28)27-21-25-11-19(31-21)30-12-18-24-10-15(29-18)8-13-4-2-1-3-5-13/h6-7,9-11,13H,1-5,8,12H2,(H2,25,26,27,28). The number of carbonyl (C=O) groups is 1. The zero-order chi connectivity index (χ0) is 21.6. The third-order valence-electron chi connectivity index (χ3n) is 5.04. The summed E-state index contributed by atoms with van der Waals surface area (Å²) in [6, 6.07) is 2.28. The molecule has 0 atom stereocenters. The van der Waals surface area contributed by atoms with Crippen molar-refractivity contribution in [3.63, 3.8) is 0 Å². The van der Waals surface area contributed by atoms with Gasteiger partial charge in [-0.3, -0.25) is 5.32 Å². The molecular formula is C21H22F2N4O2S2. The van der Waals surface area contributed by atoms with Crippen molar-refractivity contribution in [2.45, 2.75) is 48.5 Å². The number of amides is 2. The second kappa shape index (κ2) is 10.2. The van der Waals surface area contributed by atoms with Crippen molar-refractivity contribution in [1.29, 1.82) is 0 Å². The molecule has 0 unspecified atom stereocenters. The Labute approximate surface area is 186 Å². The number of rotatable bonds is 7. The molecule has 2 heterocycles. The zero-order valence-electron chi connectivity index (χ0n) is 16.7. The van der Waals surface area contributed by atoms with Crippen LogP contribution < -0.4 is 10.6 Å². The maximum absolute atomic E-state index is 13.6. The van der Waals surface area contributed by atoms with E-state index in [-0.39, 0.29) is 5.69 Å². The molecule has 1 aromatic carbocycles. The fourth-order valence-corrected chi connectivity index (χ4v) is 5.26. The van der Waals surface area contributed by atoms with Crippen LogP contribution in [0.1, 0.15) is 43.8 Å². The van der Waals surface area contributed by atoms with E-state index in [1.807, 2.05) is 6.20 Å². The Morgan fingerprint density at radius 2 is 2.00 bits per heavy atom. The second-order valence-electron chi connectivity index (χ2n) is 7.40. The molecular weight excluding hydrogens is 442 g/mol. The van der Waals surface area contributed by atoms with E-state index in [1.165, 1.54) is 55.2 Å². The lowest BCUT2D eigenvalue weighted by Gasteiger charge is -2.19. The number of carbonyl (C=O) groups excluding carboxylic acids is 1. The minimum absolute atomic E-state index is 0.113. The summed E-state index contributed by atoms with van der Waals surface area (Å²) in [5.74, 6) is 1.32. The molecule has 2 amide bonds. The van der Waals surface area contributed by atoms with Crippen LogP contribution in [-0.2, 0) is 12.2 Å². The molecule has 2 aromatic heterocycles. The van der Waals surface area contributed by atoms with Gasteiger partial charge in [-0.25, -0.2) is 23.5 Å². The molecule has 6 nitrogen and oxygen atoms in total. The molecule has 4 rings (SSSR count). The first kappa shape index (κ1) is 21.8. The van der Waals surface area contributed by atoms with E-state index in [1.54, 1.807) is 6.20 Å². The number of thioether (sulfide) groups is 1. The molecule has 0 bridgehead atoms. The molecule has 0 aliphatic heterocycles. The number of urea groups is 1. The third kappa shape index (κ3) is 6.27. The van der Waals surface area contributed by atoms with E-state index in [0.717, 1.165) is 28.5 Å². The molecule has 1 fully saturated rings. The number of halogens is 2. The first-order valence-electron chi connectivity index (χ1n) is 10.1. The number of oxazole rings is 1. The minimum atomic E-state index is -0.848. The Balaban J connectivity index is 1.25. The summed E-state index contributed by atoms with van der Waals surface area (Å²) in [4.78, 5) is 20.5. The van der Waals surface area contributed by atoms with Gasteiger partial charge < -0.3 is 9.73 Å². The van der Waals surface area contributed by atoms with Crippen LogP contribution in [0.3, 0.4) is 0 Å². The maximum Gasteiger partial charge on any atom is 0.325 e. The average Bonchev–Trinajstić information content (AvgIpc) is 3.38. The number of anilines is 2. The summed E-state index contributed by atoms with van der Waals surface area (Å²) in [7, 11) is 0. The van der Waals surface area contributed by atoms with Gasteiger partial charge in [0.1, 0.15) is 17.4 Å². The highest BCUT2D eigenvalue weighted by molar-refractivity contribution is 8.00. The predicted molar refractivity (Wildman–Crippen MR) is 117 cm³/mol. The van der Waals surface area contributed by atoms with Gasteiger partial charge in [-0.1, -0.05) is 43.4 Å². The average molecular weight is 465 g/mol. The molecule has 10 heteroatoms. The lowest BCUT2D eigenvalue weighted by molar-refractivity contribution is 0.262. The summed E-state index contributed by atoms with van der Waals surface area (Å²) >= 11 is 2.80. The third-order valence-corrected chi connectivity index (χ3v) is 7.13. The largest absolute Gasteiger partial charge is 0.445 e. The van der Waals surface area contributed by atoms with E-state index >= 15 is 0 Å². The Bertz CT molecular complexity index is 1030. The van der Waals surface area contributed by atoms with Crippen molar-refractivity contribution in [3.05, 3.63) is 53.9 Å². The number of benzene rings is 1. The molecule has 0 saturated heterocycles. The van der Waals surface area contributed by atoms with Crippen LogP contribution in [0.4, 0.5) is 24.4 Å². The SMILES string of the molecule is O=C(Nc1ncc(SCc2ncc(CC3CCCCC3)o2)s1)Nc1ccc(F)cc1F. The lowest BCUT2D eigenvalue weighted by atomic mass is 9.86. The maximum atomic E-state index is 13.6. The van der Waals surface area contributed by atoms with E-state index < -0.39 is 17.7 Å². The van der Waals surface area contributed by atoms with Crippen molar-refractivity contribution in [2.75, 3.05) is 10.6 Å². The van der Waals surface area contributed by atoms with Crippen LogP contribution in [0.15, 0.2) is 39.2 Å². The normalized spacial score (nSPS) is 14.5. The van der Waals surface area contributed by atoms with Crippen molar-refractivity contribution in [3.8, 4) is 0 Å². The number of hydrogen-bond donors (Lipinski definition) is 2. The highest BCUT2D eigenvalue weighted by atomic mass is 32.2. The first-order chi connectivity index (χ1) is 15.0. The predicted octanol–water partition coefficient (Wildman–Crippen LogP) is 6.47. The molecule has 1 aliphatic rings. The number of hydrogen-bond acceptors (Lipinski definition) is 6. The van der Waals surface area contributed by atoms with Gasteiger partial charge in [0.05, 0.1) is 28.0 Å². The number of nitrogens with one attached hydrogen (secondary N) is 2. The van der Waals surface area contributed by atoms with Crippen LogP contribution in [0.5, 0.6) is 0 Å². The quantitative estimate of drug-likeness (QED) is 0.392.